The van der Waals surface area contributed by atoms with E-state index in [9.17, 15) is 4.79 Å². The van der Waals surface area contributed by atoms with Crippen molar-refractivity contribution in [3.63, 3.8) is 0 Å². The fourth-order valence-corrected chi connectivity index (χ4v) is 3.63. The molecule has 0 bridgehead atoms. The van der Waals surface area contributed by atoms with Crippen molar-refractivity contribution in [2.45, 2.75) is 6.42 Å². The van der Waals surface area contributed by atoms with Gasteiger partial charge in [0.2, 0.25) is 5.91 Å². The zero-order chi connectivity index (χ0) is 20.1. The summed E-state index contributed by atoms with van der Waals surface area (Å²) in [6.07, 6.45) is 0.469. The van der Waals surface area contributed by atoms with Gasteiger partial charge in [-0.1, -0.05) is 0 Å². The van der Waals surface area contributed by atoms with Gasteiger partial charge in [-0.2, -0.15) is 0 Å². The van der Waals surface area contributed by atoms with Crippen LogP contribution in [0.1, 0.15) is 6.42 Å². The number of hydrogen-bond donors (Lipinski definition) is 1. The molecule has 0 aromatic heterocycles. The standard InChI is InChI=1S/C22H27N3O4/c1-27-19-5-3-18(4-6-19)25-12-10-24(11-13-25)9-8-22(26)23-17-2-7-20-21(16-17)29-15-14-28-20/h2-7,16H,8-15H2,1H3,(H,23,26). The summed E-state index contributed by atoms with van der Waals surface area (Å²) < 4.78 is 16.3. The van der Waals surface area contributed by atoms with Gasteiger partial charge in [0, 0.05) is 56.6 Å². The Bertz CT molecular complexity index is 832. The van der Waals surface area contributed by atoms with Crippen molar-refractivity contribution < 1.29 is 19.0 Å². The highest BCUT2D eigenvalue weighted by Crippen LogP contribution is 2.32. The number of nitrogens with zero attached hydrogens (tertiary/aromatic N) is 2. The molecule has 7 heteroatoms. The van der Waals surface area contributed by atoms with E-state index in [-0.39, 0.29) is 5.91 Å². The van der Waals surface area contributed by atoms with E-state index in [0.717, 1.165) is 49.9 Å². The molecule has 2 aromatic rings. The monoisotopic (exact) mass is 397 g/mol. The second-order valence-electron chi connectivity index (χ2n) is 7.18. The van der Waals surface area contributed by atoms with Crippen LogP contribution in [0.3, 0.4) is 0 Å². The molecule has 1 amide bonds. The van der Waals surface area contributed by atoms with E-state index in [1.54, 1.807) is 7.11 Å². The molecular formula is C22H27N3O4. The largest absolute Gasteiger partial charge is 0.497 e. The van der Waals surface area contributed by atoms with Gasteiger partial charge < -0.3 is 24.4 Å². The third-order valence-corrected chi connectivity index (χ3v) is 5.29. The minimum Gasteiger partial charge on any atom is -0.497 e. The summed E-state index contributed by atoms with van der Waals surface area (Å²) in [6.45, 7) is 5.66. The molecule has 0 radical (unpaired) electrons. The molecule has 7 nitrogen and oxygen atoms in total. The second kappa shape index (κ2) is 9.05. The van der Waals surface area contributed by atoms with Gasteiger partial charge in [0.05, 0.1) is 7.11 Å². The number of carbonyl (C=O) groups is 1. The van der Waals surface area contributed by atoms with Gasteiger partial charge in [0.1, 0.15) is 19.0 Å². The normalized spacial score (nSPS) is 16.4. The van der Waals surface area contributed by atoms with Gasteiger partial charge in [-0.25, -0.2) is 0 Å². The lowest BCUT2D eigenvalue weighted by Crippen LogP contribution is -2.47. The Balaban J connectivity index is 1.21. The van der Waals surface area contributed by atoms with E-state index in [2.05, 4.69) is 27.2 Å². The molecule has 1 saturated heterocycles. The van der Waals surface area contributed by atoms with Crippen LogP contribution in [0.2, 0.25) is 0 Å². The Morgan fingerprint density at radius 1 is 1.00 bits per heavy atom. The molecule has 0 unspecified atom stereocenters. The molecule has 0 aliphatic carbocycles. The van der Waals surface area contributed by atoms with Gasteiger partial charge in [-0.3, -0.25) is 9.69 Å². The van der Waals surface area contributed by atoms with E-state index in [4.69, 9.17) is 14.2 Å². The minimum absolute atomic E-state index is 0.0132. The lowest BCUT2D eigenvalue weighted by Gasteiger charge is -2.36. The Morgan fingerprint density at radius 3 is 2.45 bits per heavy atom. The Labute approximate surface area is 171 Å². The van der Waals surface area contributed by atoms with Crippen LogP contribution >= 0.6 is 0 Å². The van der Waals surface area contributed by atoms with Crippen LogP contribution in [0.4, 0.5) is 11.4 Å². The maximum atomic E-state index is 12.3. The van der Waals surface area contributed by atoms with Crippen molar-refractivity contribution in [3.8, 4) is 17.2 Å². The third-order valence-electron chi connectivity index (χ3n) is 5.29. The summed E-state index contributed by atoms with van der Waals surface area (Å²) in [7, 11) is 1.68. The molecular weight excluding hydrogens is 370 g/mol. The molecule has 1 N–H and O–H groups in total. The summed E-state index contributed by atoms with van der Waals surface area (Å²) in [4.78, 5) is 17.0. The highest BCUT2D eigenvalue weighted by molar-refractivity contribution is 5.91. The quantitative estimate of drug-likeness (QED) is 0.809. The molecule has 4 rings (SSSR count). The molecule has 2 aliphatic rings. The predicted molar refractivity (Wildman–Crippen MR) is 112 cm³/mol. The van der Waals surface area contributed by atoms with Crippen LogP contribution in [0.25, 0.3) is 0 Å². The summed E-state index contributed by atoms with van der Waals surface area (Å²) >= 11 is 0. The van der Waals surface area contributed by atoms with Crippen LogP contribution in [-0.2, 0) is 4.79 Å². The molecule has 2 heterocycles. The maximum absolute atomic E-state index is 12.3. The first-order valence-electron chi connectivity index (χ1n) is 10.0. The van der Waals surface area contributed by atoms with E-state index >= 15 is 0 Å². The Kier molecular flexibility index (Phi) is 6.05. The highest BCUT2D eigenvalue weighted by Gasteiger charge is 2.18. The van der Waals surface area contributed by atoms with Crippen LogP contribution in [0.5, 0.6) is 17.2 Å². The molecule has 1 fully saturated rings. The first kappa shape index (κ1) is 19.4. The van der Waals surface area contributed by atoms with E-state index in [1.165, 1.54) is 5.69 Å². The summed E-state index contributed by atoms with van der Waals surface area (Å²) in [5, 5.41) is 2.95. The molecule has 29 heavy (non-hydrogen) atoms. The molecule has 2 aliphatic heterocycles. The number of anilines is 2. The zero-order valence-corrected chi connectivity index (χ0v) is 16.7. The van der Waals surface area contributed by atoms with Crippen molar-refractivity contribution in [2.24, 2.45) is 0 Å². The van der Waals surface area contributed by atoms with Crippen molar-refractivity contribution >= 4 is 17.3 Å². The number of ether oxygens (including phenoxy) is 3. The number of amides is 1. The summed E-state index contributed by atoms with van der Waals surface area (Å²) in [5.74, 6) is 2.29. The topological polar surface area (TPSA) is 63.3 Å². The average molecular weight is 397 g/mol. The second-order valence-corrected chi connectivity index (χ2v) is 7.18. The van der Waals surface area contributed by atoms with E-state index in [1.807, 2.05) is 30.3 Å². The lowest BCUT2D eigenvalue weighted by molar-refractivity contribution is -0.116. The van der Waals surface area contributed by atoms with Gasteiger partial charge in [-0.15, -0.1) is 0 Å². The van der Waals surface area contributed by atoms with Crippen LogP contribution < -0.4 is 24.4 Å². The van der Waals surface area contributed by atoms with Crippen molar-refractivity contribution in [3.05, 3.63) is 42.5 Å². The predicted octanol–water partition coefficient (Wildman–Crippen LogP) is 2.62. The van der Waals surface area contributed by atoms with E-state index in [0.29, 0.717) is 25.4 Å². The number of benzene rings is 2. The Morgan fingerprint density at radius 2 is 1.72 bits per heavy atom. The first-order valence-corrected chi connectivity index (χ1v) is 10.0. The molecule has 2 aromatic carbocycles. The number of fused-ring (bicyclic) bond motifs is 1. The number of hydrogen-bond acceptors (Lipinski definition) is 6. The molecule has 0 atom stereocenters. The smallest absolute Gasteiger partial charge is 0.225 e. The molecule has 0 saturated carbocycles. The van der Waals surface area contributed by atoms with Crippen molar-refractivity contribution in [2.75, 3.05) is 63.3 Å². The van der Waals surface area contributed by atoms with Gasteiger partial charge in [-0.05, 0) is 36.4 Å². The van der Waals surface area contributed by atoms with Crippen LogP contribution in [0, 0.1) is 0 Å². The fraction of sp³-hybridized carbons (Fsp3) is 0.409. The Hall–Kier alpha value is -2.93. The van der Waals surface area contributed by atoms with Gasteiger partial charge >= 0.3 is 0 Å². The van der Waals surface area contributed by atoms with Crippen molar-refractivity contribution in [1.82, 2.24) is 4.90 Å². The zero-order valence-electron chi connectivity index (χ0n) is 16.7. The van der Waals surface area contributed by atoms with E-state index < -0.39 is 0 Å². The number of rotatable bonds is 6. The SMILES string of the molecule is COc1ccc(N2CCN(CCC(=O)Nc3ccc4c(c3)OCCO4)CC2)cc1. The first-order chi connectivity index (χ1) is 14.2. The molecule has 0 spiro atoms. The number of piperazine rings is 1. The third kappa shape index (κ3) is 4.92. The van der Waals surface area contributed by atoms with Crippen molar-refractivity contribution in [1.29, 1.82) is 0 Å². The molecule has 154 valence electrons. The highest BCUT2D eigenvalue weighted by atomic mass is 16.6. The van der Waals surface area contributed by atoms with Crippen LogP contribution in [-0.4, -0.2) is 63.9 Å². The summed E-state index contributed by atoms with van der Waals surface area (Å²) in [6, 6.07) is 13.7. The maximum Gasteiger partial charge on any atom is 0.225 e. The number of methoxy groups -OCH3 is 1. The number of carbonyl (C=O) groups excluding carboxylic acids is 1. The van der Waals surface area contributed by atoms with Crippen LogP contribution in [0.15, 0.2) is 42.5 Å². The lowest BCUT2D eigenvalue weighted by atomic mass is 10.2. The summed E-state index contributed by atoms with van der Waals surface area (Å²) in [5.41, 5.74) is 1.95. The van der Waals surface area contributed by atoms with Gasteiger partial charge in [0.25, 0.3) is 0 Å². The number of nitrogens with one attached hydrogen (secondary N) is 1. The van der Waals surface area contributed by atoms with Gasteiger partial charge in [0.15, 0.2) is 11.5 Å². The fourth-order valence-electron chi connectivity index (χ4n) is 3.63. The minimum atomic E-state index is 0.0132. The average Bonchev–Trinajstić information content (AvgIpc) is 2.78.